The Morgan fingerprint density at radius 3 is 2.76 bits per heavy atom. The number of carbonyl (C=O) groups is 1. The first-order chi connectivity index (χ1) is 11.9. The SMILES string of the molecule is Cn1nc(C(=O)OCc2cc(-c3ccc(F)cc3F)on2)ccc1=O. The summed E-state index contributed by atoms with van der Waals surface area (Å²) in [5.74, 6) is -2.19. The van der Waals surface area contributed by atoms with Crippen molar-refractivity contribution in [2.45, 2.75) is 6.61 Å². The molecule has 0 saturated heterocycles. The Labute approximate surface area is 139 Å². The summed E-state index contributed by atoms with van der Waals surface area (Å²) >= 11 is 0. The summed E-state index contributed by atoms with van der Waals surface area (Å²) < 4.78 is 37.6. The highest BCUT2D eigenvalue weighted by Crippen LogP contribution is 2.24. The number of hydrogen-bond donors (Lipinski definition) is 0. The number of aromatic nitrogens is 3. The normalized spacial score (nSPS) is 10.7. The van der Waals surface area contributed by atoms with Crippen molar-refractivity contribution in [1.82, 2.24) is 14.9 Å². The van der Waals surface area contributed by atoms with Crippen molar-refractivity contribution < 1.29 is 22.8 Å². The molecule has 3 rings (SSSR count). The Morgan fingerprint density at radius 2 is 2.04 bits per heavy atom. The summed E-state index contributed by atoms with van der Waals surface area (Å²) in [6, 6.07) is 6.84. The fraction of sp³-hybridized carbons (Fsp3) is 0.125. The van der Waals surface area contributed by atoms with Crippen LogP contribution in [0.2, 0.25) is 0 Å². The van der Waals surface area contributed by atoms with Gasteiger partial charge in [-0.1, -0.05) is 5.16 Å². The largest absolute Gasteiger partial charge is 0.454 e. The summed E-state index contributed by atoms with van der Waals surface area (Å²) in [5, 5.41) is 7.42. The smallest absolute Gasteiger partial charge is 0.359 e. The summed E-state index contributed by atoms with van der Waals surface area (Å²) in [7, 11) is 1.40. The molecule has 3 aromatic rings. The van der Waals surface area contributed by atoms with E-state index in [1.807, 2.05) is 0 Å². The first-order valence-electron chi connectivity index (χ1n) is 7.06. The molecule has 0 aliphatic carbocycles. The number of nitrogens with zero attached hydrogens (tertiary/aromatic N) is 3. The predicted molar refractivity (Wildman–Crippen MR) is 80.5 cm³/mol. The second-order valence-electron chi connectivity index (χ2n) is 5.06. The molecule has 0 saturated carbocycles. The van der Waals surface area contributed by atoms with Crippen molar-refractivity contribution in [2.24, 2.45) is 7.05 Å². The lowest BCUT2D eigenvalue weighted by molar-refractivity contribution is 0.0454. The molecule has 0 spiro atoms. The van der Waals surface area contributed by atoms with Gasteiger partial charge in [0.15, 0.2) is 11.5 Å². The van der Waals surface area contributed by atoms with Gasteiger partial charge >= 0.3 is 5.97 Å². The van der Waals surface area contributed by atoms with E-state index in [1.54, 1.807) is 0 Å². The van der Waals surface area contributed by atoms with Crippen LogP contribution in [-0.2, 0) is 18.4 Å². The molecule has 9 heteroatoms. The maximum Gasteiger partial charge on any atom is 0.359 e. The van der Waals surface area contributed by atoms with Gasteiger partial charge in [0.05, 0.1) is 5.56 Å². The Balaban J connectivity index is 1.70. The zero-order chi connectivity index (χ0) is 18.0. The summed E-state index contributed by atoms with van der Waals surface area (Å²) in [5.41, 5.74) is -0.141. The van der Waals surface area contributed by atoms with Gasteiger partial charge in [-0.25, -0.2) is 18.3 Å². The molecule has 0 bridgehead atoms. The van der Waals surface area contributed by atoms with Crippen LogP contribution in [0, 0.1) is 11.6 Å². The van der Waals surface area contributed by atoms with Gasteiger partial charge in [0, 0.05) is 25.2 Å². The number of aryl methyl sites for hydroxylation is 1. The van der Waals surface area contributed by atoms with Gasteiger partial charge < -0.3 is 9.26 Å². The molecule has 0 unspecified atom stereocenters. The molecule has 0 N–H and O–H groups in total. The quantitative estimate of drug-likeness (QED) is 0.672. The molecule has 7 nitrogen and oxygen atoms in total. The number of benzene rings is 1. The average Bonchev–Trinajstić information content (AvgIpc) is 3.04. The van der Waals surface area contributed by atoms with E-state index < -0.39 is 17.6 Å². The number of hydrogen-bond acceptors (Lipinski definition) is 6. The Kier molecular flexibility index (Phi) is 4.38. The number of halogens is 2. The molecule has 0 atom stereocenters. The number of carbonyl (C=O) groups excluding carboxylic acids is 1. The molecular formula is C16H11F2N3O4. The van der Waals surface area contributed by atoms with Crippen LogP contribution in [0.5, 0.6) is 0 Å². The number of ether oxygens (including phenoxy) is 1. The fourth-order valence-electron chi connectivity index (χ4n) is 2.02. The minimum atomic E-state index is -0.797. The highest BCUT2D eigenvalue weighted by Gasteiger charge is 2.15. The lowest BCUT2D eigenvalue weighted by atomic mass is 10.1. The van der Waals surface area contributed by atoms with Crippen molar-refractivity contribution in [1.29, 1.82) is 0 Å². The summed E-state index contributed by atoms with van der Waals surface area (Å²) in [4.78, 5) is 23.1. The van der Waals surface area contributed by atoms with E-state index in [9.17, 15) is 18.4 Å². The minimum Gasteiger partial charge on any atom is -0.454 e. The molecule has 0 aliphatic rings. The maximum atomic E-state index is 13.7. The second-order valence-corrected chi connectivity index (χ2v) is 5.06. The molecule has 0 amide bonds. The van der Waals surface area contributed by atoms with Crippen molar-refractivity contribution in [3.63, 3.8) is 0 Å². The fourth-order valence-corrected chi connectivity index (χ4v) is 2.02. The van der Waals surface area contributed by atoms with Crippen LogP contribution in [0.3, 0.4) is 0 Å². The minimum absolute atomic E-state index is 0.0335. The molecule has 2 aromatic heterocycles. The standard InChI is InChI=1S/C16H11F2N3O4/c1-21-15(22)5-4-13(19-21)16(23)24-8-10-7-14(25-20-10)11-3-2-9(17)6-12(11)18/h2-7H,8H2,1H3. The van der Waals surface area contributed by atoms with Crippen LogP contribution >= 0.6 is 0 Å². The molecule has 0 fully saturated rings. The monoisotopic (exact) mass is 347 g/mol. The first-order valence-corrected chi connectivity index (χ1v) is 7.06. The predicted octanol–water partition coefficient (Wildman–Crippen LogP) is 2.07. The van der Waals surface area contributed by atoms with Gasteiger partial charge in [0.25, 0.3) is 5.56 Å². The molecule has 0 radical (unpaired) electrons. The summed E-state index contributed by atoms with van der Waals surface area (Å²) in [6.45, 7) is -0.240. The molecule has 0 aliphatic heterocycles. The van der Waals surface area contributed by atoms with E-state index in [-0.39, 0.29) is 34.9 Å². The zero-order valence-corrected chi connectivity index (χ0v) is 12.9. The molecule has 25 heavy (non-hydrogen) atoms. The third-order valence-electron chi connectivity index (χ3n) is 3.28. The Morgan fingerprint density at radius 1 is 1.24 bits per heavy atom. The van der Waals surface area contributed by atoms with E-state index in [0.29, 0.717) is 0 Å². The molecule has 1 aromatic carbocycles. The lowest BCUT2D eigenvalue weighted by Gasteiger charge is -2.02. The van der Waals surface area contributed by atoms with Crippen molar-refractivity contribution in [3.05, 3.63) is 69.8 Å². The van der Waals surface area contributed by atoms with Gasteiger partial charge in [0.1, 0.15) is 23.9 Å². The van der Waals surface area contributed by atoms with Crippen LogP contribution in [-0.4, -0.2) is 20.9 Å². The van der Waals surface area contributed by atoms with Gasteiger partial charge in [-0.3, -0.25) is 4.79 Å². The Hall–Kier alpha value is -3.36. The van der Waals surface area contributed by atoms with Crippen molar-refractivity contribution >= 4 is 5.97 Å². The highest BCUT2D eigenvalue weighted by atomic mass is 19.1. The van der Waals surface area contributed by atoms with E-state index >= 15 is 0 Å². The maximum absolute atomic E-state index is 13.7. The van der Waals surface area contributed by atoms with Crippen molar-refractivity contribution in [3.8, 4) is 11.3 Å². The van der Waals surface area contributed by atoms with Crippen LogP contribution in [0.15, 0.2) is 45.7 Å². The number of esters is 1. The van der Waals surface area contributed by atoms with Gasteiger partial charge in [0.2, 0.25) is 0 Å². The lowest BCUT2D eigenvalue weighted by Crippen LogP contribution is -2.21. The number of rotatable bonds is 4. The third kappa shape index (κ3) is 3.60. The van der Waals surface area contributed by atoms with E-state index in [2.05, 4.69) is 10.3 Å². The van der Waals surface area contributed by atoms with Gasteiger partial charge in [-0.15, -0.1) is 0 Å². The topological polar surface area (TPSA) is 87.2 Å². The molecule has 2 heterocycles. The van der Waals surface area contributed by atoms with Crippen LogP contribution in [0.25, 0.3) is 11.3 Å². The van der Waals surface area contributed by atoms with E-state index in [1.165, 1.54) is 31.3 Å². The third-order valence-corrected chi connectivity index (χ3v) is 3.28. The second kappa shape index (κ2) is 6.63. The summed E-state index contributed by atoms with van der Waals surface area (Å²) in [6.07, 6.45) is 0. The first kappa shape index (κ1) is 16.5. The molecular weight excluding hydrogens is 336 g/mol. The van der Waals surface area contributed by atoms with E-state index in [0.717, 1.165) is 16.8 Å². The van der Waals surface area contributed by atoms with Gasteiger partial charge in [-0.2, -0.15) is 5.10 Å². The Bertz CT molecular complexity index is 997. The van der Waals surface area contributed by atoms with Crippen molar-refractivity contribution in [2.75, 3.05) is 0 Å². The average molecular weight is 347 g/mol. The van der Waals surface area contributed by atoms with Crippen LogP contribution < -0.4 is 5.56 Å². The highest BCUT2D eigenvalue weighted by molar-refractivity contribution is 5.86. The van der Waals surface area contributed by atoms with Gasteiger partial charge in [-0.05, 0) is 18.2 Å². The molecule has 128 valence electrons. The van der Waals surface area contributed by atoms with E-state index in [4.69, 9.17) is 9.26 Å². The zero-order valence-electron chi connectivity index (χ0n) is 12.9. The van der Waals surface area contributed by atoms with Crippen LogP contribution in [0.1, 0.15) is 16.2 Å². The van der Waals surface area contributed by atoms with Crippen LogP contribution in [0.4, 0.5) is 8.78 Å².